The van der Waals surface area contributed by atoms with E-state index in [0.717, 1.165) is 24.2 Å². The molecule has 1 amide bonds. The van der Waals surface area contributed by atoms with Gasteiger partial charge in [-0.1, -0.05) is 60.7 Å². The first-order valence-corrected chi connectivity index (χ1v) is 9.44. The highest BCUT2D eigenvalue weighted by atomic mass is 16.4. The van der Waals surface area contributed by atoms with Crippen LogP contribution < -0.4 is 0 Å². The van der Waals surface area contributed by atoms with Crippen LogP contribution in [0.4, 0.5) is 0 Å². The summed E-state index contributed by atoms with van der Waals surface area (Å²) in [5.41, 5.74) is 2.17. The molecule has 0 radical (unpaired) electrons. The van der Waals surface area contributed by atoms with Crippen LogP contribution in [-0.4, -0.2) is 53.0 Å². The number of carbonyl (C=O) groups excluding carboxylic acids is 1. The van der Waals surface area contributed by atoms with Crippen molar-refractivity contribution in [3.63, 3.8) is 0 Å². The summed E-state index contributed by atoms with van der Waals surface area (Å²) in [5.74, 6) is -0.0294. The van der Waals surface area contributed by atoms with Crippen LogP contribution in [0, 0.1) is 11.8 Å². The van der Waals surface area contributed by atoms with Gasteiger partial charge in [-0.2, -0.15) is 0 Å². The molecule has 2 aliphatic rings. The zero-order valence-electron chi connectivity index (χ0n) is 15.2. The van der Waals surface area contributed by atoms with Crippen LogP contribution in [-0.2, 0) is 16.0 Å². The predicted octanol–water partition coefficient (Wildman–Crippen LogP) is 2.45. The van der Waals surface area contributed by atoms with Gasteiger partial charge in [0, 0.05) is 25.6 Å². The maximum absolute atomic E-state index is 13.1. The molecule has 2 heterocycles. The Kier molecular flexibility index (Phi) is 4.94. The topological polar surface area (TPSA) is 60.9 Å². The van der Waals surface area contributed by atoms with Gasteiger partial charge in [0.2, 0.25) is 5.91 Å². The lowest BCUT2D eigenvalue weighted by molar-refractivity contribution is -0.138. The molecule has 0 spiro atoms. The summed E-state index contributed by atoms with van der Waals surface area (Å²) in [6.07, 6.45) is 0.405. The average Bonchev–Trinajstić information content (AvgIpc) is 3.19. The fourth-order valence-corrected chi connectivity index (χ4v) is 4.66. The first-order valence-electron chi connectivity index (χ1n) is 9.44. The van der Waals surface area contributed by atoms with Crippen molar-refractivity contribution in [1.29, 1.82) is 0 Å². The van der Waals surface area contributed by atoms with E-state index in [1.807, 2.05) is 58.3 Å². The number of carboxylic acids is 1. The fourth-order valence-electron chi connectivity index (χ4n) is 4.66. The van der Waals surface area contributed by atoms with Crippen LogP contribution in [0.25, 0.3) is 0 Å². The van der Waals surface area contributed by atoms with E-state index >= 15 is 0 Å². The second-order valence-electron chi connectivity index (χ2n) is 7.58. The highest BCUT2D eigenvalue weighted by Crippen LogP contribution is 2.45. The third-order valence-corrected chi connectivity index (χ3v) is 5.76. The van der Waals surface area contributed by atoms with E-state index in [2.05, 4.69) is 12.1 Å². The Morgan fingerprint density at radius 2 is 1.59 bits per heavy atom. The summed E-state index contributed by atoms with van der Waals surface area (Å²) in [7, 11) is 0. The van der Waals surface area contributed by atoms with Gasteiger partial charge in [-0.15, -0.1) is 0 Å². The molecule has 140 valence electrons. The summed E-state index contributed by atoms with van der Waals surface area (Å²) >= 11 is 0. The van der Waals surface area contributed by atoms with Gasteiger partial charge < -0.3 is 10.0 Å². The van der Waals surface area contributed by atoms with Crippen LogP contribution in [0.2, 0.25) is 0 Å². The second-order valence-corrected chi connectivity index (χ2v) is 7.58. The second kappa shape index (κ2) is 7.53. The summed E-state index contributed by atoms with van der Waals surface area (Å²) in [4.78, 5) is 28.2. The number of hydrogen-bond donors (Lipinski definition) is 1. The number of benzene rings is 2. The van der Waals surface area contributed by atoms with Crippen LogP contribution in [0.3, 0.4) is 0 Å². The molecule has 2 saturated heterocycles. The van der Waals surface area contributed by atoms with E-state index in [1.165, 1.54) is 0 Å². The molecule has 3 atom stereocenters. The van der Waals surface area contributed by atoms with Crippen LogP contribution in [0.5, 0.6) is 0 Å². The Bertz CT molecular complexity index is 809. The summed E-state index contributed by atoms with van der Waals surface area (Å²) in [6, 6.07) is 20.0. The van der Waals surface area contributed by atoms with Crippen molar-refractivity contribution >= 4 is 11.9 Å². The summed E-state index contributed by atoms with van der Waals surface area (Å²) < 4.78 is 0. The Balaban J connectivity index is 1.57. The van der Waals surface area contributed by atoms with Crippen molar-refractivity contribution in [2.45, 2.75) is 12.5 Å². The van der Waals surface area contributed by atoms with E-state index in [9.17, 15) is 9.59 Å². The highest BCUT2D eigenvalue weighted by molar-refractivity contribution is 5.79. The van der Waals surface area contributed by atoms with Crippen molar-refractivity contribution in [1.82, 2.24) is 9.80 Å². The van der Waals surface area contributed by atoms with Crippen molar-refractivity contribution in [3.05, 3.63) is 71.8 Å². The van der Waals surface area contributed by atoms with Crippen LogP contribution >= 0.6 is 0 Å². The zero-order valence-corrected chi connectivity index (χ0v) is 15.2. The van der Waals surface area contributed by atoms with E-state index in [4.69, 9.17) is 5.11 Å². The number of likely N-dealkylation sites (tertiary alicyclic amines) is 2. The lowest BCUT2D eigenvalue weighted by atomic mass is 9.89. The lowest BCUT2D eigenvalue weighted by Gasteiger charge is -2.30. The van der Waals surface area contributed by atoms with Crippen LogP contribution in [0.15, 0.2) is 60.7 Å². The van der Waals surface area contributed by atoms with Crippen molar-refractivity contribution in [3.8, 4) is 0 Å². The molecule has 2 fully saturated rings. The molecule has 2 aromatic rings. The number of rotatable bonds is 5. The number of aliphatic carboxylic acids is 1. The number of amides is 1. The Morgan fingerprint density at radius 1 is 0.926 bits per heavy atom. The summed E-state index contributed by atoms with van der Waals surface area (Å²) in [5, 5.41) is 9.12. The lowest BCUT2D eigenvalue weighted by Crippen LogP contribution is -2.37. The molecule has 0 bridgehead atoms. The smallest absolute Gasteiger partial charge is 0.317 e. The van der Waals surface area contributed by atoms with E-state index in [1.54, 1.807) is 0 Å². The number of carboxylic acid groups (broad SMARTS) is 1. The molecule has 5 nitrogen and oxygen atoms in total. The highest BCUT2D eigenvalue weighted by Gasteiger charge is 2.49. The third-order valence-electron chi connectivity index (χ3n) is 5.76. The molecule has 0 aromatic heterocycles. The number of fused-ring (bicyclic) bond motifs is 1. The van der Waals surface area contributed by atoms with E-state index < -0.39 is 5.97 Å². The normalized spacial score (nSPS) is 24.7. The van der Waals surface area contributed by atoms with Gasteiger partial charge in [0.25, 0.3) is 0 Å². The molecule has 0 saturated carbocycles. The van der Waals surface area contributed by atoms with E-state index in [0.29, 0.717) is 18.9 Å². The zero-order chi connectivity index (χ0) is 18.8. The minimum Gasteiger partial charge on any atom is -0.480 e. The molecular weight excluding hydrogens is 340 g/mol. The summed E-state index contributed by atoms with van der Waals surface area (Å²) in [6.45, 7) is 2.25. The maximum atomic E-state index is 13.1. The van der Waals surface area contributed by atoms with Gasteiger partial charge in [0.1, 0.15) is 0 Å². The average molecular weight is 364 g/mol. The van der Waals surface area contributed by atoms with Gasteiger partial charge in [0.05, 0.1) is 19.0 Å². The minimum absolute atomic E-state index is 0.0196. The Hall–Kier alpha value is -2.66. The third kappa shape index (κ3) is 3.74. The van der Waals surface area contributed by atoms with Gasteiger partial charge >= 0.3 is 5.97 Å². The van der Waals surface area contributed by atoms with Crippen molar-refractivity contribution in [2.75, 3.05) is 26.2 Å². The Morgan fingerprint density at radius 3 is 2.26 bits per heavy atom. The molecule has 1 N–H and O–H groups in total. The molecule has 27 heavy (non-hydrogen) atoms. The monoisotopic (exact) mass is 364 g/mol. The van der Waals surface area contributed by atoms with E-state index in [-0.39, 0.29) is 24.4 Å². The van der Waals surface area contributed by atoms with Gasteiger partial charge in [-0.05, 0) is 17.0 Å². The minimum atomic E-state index is -0.789. The fraction of sp³-hybridized carbons (Fsp3) is 0.364. The first kappa shape index (κ1) is 17.7. The van der Waals surface area contributed by atoms with Gasteiger partial charge in [-0.3, -0.25) is 14.5 Å². The first-order chi connectivity index (χ1) is 13.1. The molecule has 2 aromatic carbocycles. The van der Waals surface area contributed by atoms with Crippen molar-refractivity contribution < 1.29 is 14.7 Å². The predicted molar refractivity (Wildman–Crippen MR) is 102 cm³/mol. The molecule has 0 unspecified atom stereocenters. The molecule has 4 rings (SSSR count). The van der Waals surface area contributed by atoms with Gasteiger partial charge in [-0.25, -0.2) is 0 Å². The molecule has 5 heteroatoms. The molecule has 2 aliphatic heterocycles. The maximum Gasteiger partial charge on any atom is 0.317 e. The number of hydrogen-bond acceptors (Lipinski definition) is 3. The molecular formula is C22H24N2O3. The quantitative estimate of drug-likeness (QED) is 0.885. The van der Waals surface area contributed by atoms with Gasteiger partial charge in [0.15, 0.2) is 0 Å². The largest absolute Gasteiger partial charge is 0.480 e. The SMILES string of the molecule is O=C(O)CN1C[C@H]2CN(C(=O)Cc3ccccc3)[C@H](c3ccccc3)[C@H]2C1. The Labute approximate surface area is 159 Å². The molecule has 0 aliphatic carbocycles. The number of nitrogens with zero attached hydrogens (tertiary/aromatic N) is 2. The van der Waals surface area contributed by atoms with Crippen LogP contribution in [0.1, 0.15) is 17.2 Å². The van der Waals surface area contributed by atoms with Crippen molar-refractivity contribution in [2.24, 2.45) is 11.8 Å². The number of carbonyl (C=O) groups is 2. The standard InChI is InChI=1S/C22H24N2O3/c25-20(11-16-7-3-1-4-8-16)24-13-18-12-23(15-21(26)27)14-19(18)22(24)17-9-5-2-6-10-17/h1-10,18-19,22H,11-15H2,(H,26,27)/t18-,19-,22+/m0/s1.